The first-order valence-corrected chi connectivity index (χ1v) is 3.77. The van der Waals surface area contributed by atoms with Crippen molar-refractivity contribution in [3.63, 3.8) is 0 Å². The van der Waals surface area contributed by atoms with Crippen molar-refractivity contribution in [1.29, 1.82) is 0 Å². The Morgan fingerprint density at radius 2 is 2.50 bits per heavy atom. The second-order valence-corrected chi connectivity index (χ2v) is 3.03. The standard InChI is InChI=1S/C6H8ClN3/c7-6-9-8-4-10(6)3-5-1-2-5/h4-5H,1-3H2. The Kier molecular flexibility index (Phi) is 1.38. The van der Waals surface area contributed by atoms with Gasteiger partial charge in [-0.15, -0.1) is 10.2 Å². The Balaban J connectivity index is 2.08. The predicted octanol–water partition coefficient (Wildman–Crippen LogP) is 1.34. The van der Waals surface area contributed by atoms with E-state index in [2.05, 4.69) is 10.2 Å². The van der Waals surface area contributed by atoms with E-state index in [-0.39, 0.29) is 0 Å². The summed E-state index contributed by atoms with van der Waals surface area (Å²) >= 11 is 5.70. The summed E-state index contributed by atoms with van der Waals surface area (Å²) in [5.41, 5.74) is 0. The van der Waals surface area contributed by atoms with Gasteiger partial charge in [0.1, 0.15) is 6.33 Å². The molecule has 0 bridgehead atoms. The van der Waals surface area contributed by atoms with Crippen molar-refractivity contribution >= 4 is 11.6 Å². The van der Waals surface area contributed by atoms with E-state index in [4.69, 9.17) is 11.6 Å². The minimum Gasteiger partial charge on any atom is -0.304 e. The largest absolute Gasteiger partial charge is 0.304 e. The zero-order valence-corrected chi connectivity index (χ0v) is 6.25. The topological polar surface area (TPSA) is 30.7 Å². The summed E-state index contributed by atoms with van der Waals surface area (Å²) in [6, 6.07) is 0. The van der Waals surface area contributed by atoms with Gasteiger partial charge in [-0.3, -0.25) is 0 Å². The predicted molar refractivity (Wildman–Crippen MR) is 37.8 cm³/mol. The molecule has 0 saturated heterocycles. The molecule has 2 rings (SSSR count). The molecule has 0 atom stereocenters. The second-order valence-electron chi connectivity index (χ2n) is 2.70. The van der Waals surface area contributed by atoms with Crippen LogP contribution < -0.4 is 0 Å². The molecule has 0 unspecified atom stereocenters. The molecule has 1 heterocycles. The Morgan fingerprint density at radius 3 is 3.00 bits per heavy atom. The number of hydrogen-bond acceptors (Lipinski definition) is 2. The molecule has 0 aromatic carbocycles. The third-order valence-electron chi connectivity index (χ3n) is 1.72. The third kappa shape index (κ3) is 1.14. The highest BCUT2D eigenvalue weighted by Crippen LogP contribution is 2.30. The Hall–Kier alpha value is -0.570. The van der Waals surface area contributed by atoms with E-state index in [1.165, 1.54) is 12.8 Å². The molecule has 1 saturated carbocycles. The number of hydrogen-bond donors (Lipinski definition) is 0. The molecule has 1 aliphatic carbocycles. The first kappa shape index (κ1) is 6.16. The van der Waals surface area contributed by atoms with Crippen LogP contribution in [0.5, 0.6) is 0 Å². The zero-order valence-electron chi connectivity index (χ0n) is 5.50. The fourth-order valence-electron chi connectivity index (χ4n) is 0.942. The first-order valence-electron chi connectivity index (χ1n) is 3.39. The van der Waals surface area contributed by atoms with Crippen LogP contribution in [-0.4, -0.2) is 14.8 Å². The lowest BCUT2D eigenvalue weighted by molar-refractivity contribution is 0.625. The minimum absolute atomic E-state index is 0.506. The monoisotopic (exact) mass is 157 g/mol. The summed E-state index contributed by atoms with van der Waals surface area (Å²) < 4.78 is 1.89. The number of aromatic nitrogens is 3. The van der Waals surface area contributed by atoms with Crippen LogP contribution in [0.2, 0.25) is 5.28 Å². The third-order valence-corrected chi connectivity index (χ3v) is 2.01. The van der Waals surface area contributed by atoms with Crippen LogP contribution in [0.4, 0.5) is 0 Å². The molecule has 0 aliphatic heterocycles. The molecular formula is C6H8ClN3. The molecule has 0 spiro atoms. The van der Waals surface area contributed by atoms with Crippen molar-refractivity contribution in [1.82, 2.24) is 14.8 Å². The van der Waals surface area contributed by atoms with Gasteiger partial charge in [-0.25, -0.2) is 0 Å². The molecule has 54 valence electrons. The van der Waals surface area contributed by atoms with Gasteiger partial charge in [0.15, 0.2) is 0 Å². The van der Waals surface area contributed by atoms with Crippen molar-refractivity contribution in [2.45, 2.75) is 19.4 Å². The summed E-state index contributed by atoms with van der Waals surface area (Å²) in [5, 5.41) is 7.87. The summed E-state index contributed by atoms with van der Waals surface area (Å²) in [6.45, 7) is 0.992. The fraction of sp³-hybridized carbons (Fsp3) is 0.667. The molecular weight excluding hydrogens is 150 g/mol. The van der Waals surface area contributed by atoms with E-state index in [0.717, 1.165) is 12.5 Å². The summed E-state index contributed by atoms with van der Waals surface area (Å²) in [6.07, 6.45) is 4.34. The highest BCUT2D eigenvalue weighted by molar-refractivity contribution is 6.28. The lowest BCUT2D eigenvalue weighted by Gasteiger charge is -1.97. The molecule has 0 amide bonds. The number of nitrogens with zero attached hydrogens (tertiary/aromatic N) is 3. The fourth-order valence-corrected chi connectivity index (χ4v) is 1.10. The maximum atomic E-state index is 5.70. The van der Waals surface area contributed by atoms with E-state index in [1.807, 2.05) is 4.57 Å². The average molecular weight is 158 g/mol. The van der Waals surface area contributed by atoms with Gasteiger partial charge < -0.3 is 4.57 Å². The lowest BCUT2D eigenvalue weighted by atomic mass is 10.4. The van der Waals surface area contributed by atoms with Crippen molar-refractivity contribution in [3.8, 4) is 0 Å². The SMILES string of the molecule is Clc1nncn1CC1CC1. The van der Waals surface area contributed by atoms with Gasteiger partial charge >= 0.3 is 0 Å². The van der Waals surface area contributed by atoms with Crippen molar-refractivity contribution in [2.75, 3.05) is 0 Å². The van der Waals surface area contributed by atoms with Crippen LogP contribution in [0.25, 0.3) is 0 Å². The van der Waals surface area contributed by atoms with Crippen molar-refractivity contribution < 1.29 is 0 Å². The molecule has 4 heteroatoms. The van der Waals surface area contributed by atoms with Crippen molar-refractivity contribution in [3.05, 3.63) is 11.6 Å². The molecule has 0 N–H and O–H groups in total. The van der Waals surface area contributed by atoms with Crippen molar-refractivity contribution in [2.24, 2.45) is 5.92 Å². The highest BCUT2D eigenvalue weighted by atomic mass is 35.5. The van der Waals surface area contributed by atoms with Crippen LogP contribution in [0.15, 0.2) is 6.33 Å². The van der Waals surface area contributed by atoms with E-state index in [1.54, 1.807) is 6.33 Å². The van der Waals surface area contributed by atoms with E-state index >= 15 is 0 Å². The Morgan fingerprint density at radius 1 is 1.70 bits per heavy atom. The number of halogens is 1. The molecule has 10 heavy (non-hydrogen) atoms. The lowest BCUT2D eigenvalue weighted by Crippen LogP contribution is -1.97. The maximum Gasteiger partial charge on any atom is 0.224 e. The second kappa shape index (κ2) is 2.23. The summed E-state index contributed by atoms with van der Waals surface area (Å²) in [7, 11) is 0. The van der Waals surface area contributed by atoms with Crippen LogP contribution in [-0.2, 0) is 6.54 Å². The number of rotatable bonds is 2. The summed E-state index contributed by atoms with van der Waals surface area (Å²) in [5.74, 6) is 0.827. The van der Waals surface area contributed by atoms with Crippen LogP contribution in [0.3, 0.4) is 0 Å². The van der Waals surface area contributed by atoms with Gasteiger partial charge in [-0.05, 0) is 30.4 Å². The molecule has 1 fully saturated rings. The quantitative estimate of drug-likeness (QED) is 0.649. The zero-order chi connectivity index (χ0) is 6.97. The van der Waals surface area contributed by atoms with Gasteiger partial charge in [-0.2, -0.15) is 0 Å². The molecule has 1 aromatic rings. The molecule has 0 radical (unpaired) electrons. The van der Waals surface area contributed by atoms with E-state index < -0.39 is 0 Å². The van der Waals surface area contributed by atoms with Crippen LogP contribution in [0.1, 0.15) is 12.8 Å². The smallest absolute Gasteiger partial charge is 0.224 e. The summed E-state index contributed by atoms with van der Waals surface area (Å²) in [4.78, 5) is 0. The first-order chi connectivity index (χ1) is 4.86. The van der Waals surface area contributed by atoms with E-state index in [0.29, 0.717) is 5.28 Å². The van der Waals surface area contributed by atoms with E-state index in [9.17, 15) is 0 Å². The minimum atomic E-state index is 0.506. The van der Waals surface area contributed by atoms with Gasteiger partial charge in [-0.1, -0.05) is 0 Å². The Labute approximate surface area is 64.0 Å². The van der Waals surface area contributed by atoms with Crippen LogP contribution >= 0.6 is 11.6 Å². The van der Waals surface area contributed by atoms with Gasteiger partial charge in [0, 0.05) is 6.54 Å². The molecule has 1 aliphatic rings. The molecule has 1 aromatic heterocycles. The van der Waals surface area contributed by atoms with Gasteiger partial charge in [0.2, 0.25) is 5.28 Å². The maximum absolute atomic E-state index is 5.70. The Bertz CT molecular complexity index is 229. The van der Waals surface area contributed by atoms with Crippen LogP contribution in [0, 0.1) is 5.92 Å². The molecule has 3 nitrogen and oxygen atoms in total. The van der Waals surface area contributed by atoms with Gasteiger partial charge in [0.05, 0.1) is 0 Å². The average Bonchev–Trinajstić information content (AvgIpc) is 2.62. The normalized spacial score (nSPS) is 17.7. The van der Waals surface area contributed by atoms with Gasteiger partial charge in [0.25, 0.3) is 0 Å². The highest BCUT2D eigenvalue weighted by Gasteiger charge is 2.22.